The number of rotatable bonds is 5. The van der Waals surface area contributed by atoms with Crippen molar-refractivity contribution in [3.05, 3.63) is 36.5 Å². The van der Waals surface area contributed by atoms with Crippen molar-refractivity contribution in [3.8, 4) is 11.3 Å². The van der Waals surface area contributed by atoms with Crippen LogP contribution in [-0.2, 0) is 0 Å². The lowest BCUT2D eigenvalue weighted by molar-refractivity contribution is 0.595. The van der Waals surface area contributed by atoms with Gasteiger partial charge in [-0.05, 0) is 18.6 Å². The van der Waals surface area contributed by atoms with Crippen LogP contribution < -0.4 is 5.73 Å². The summed E-state index contributed by atoms with van der Waals surface area (Å²) in [6.45, 7) is 2.80. The summed E-state index contributed by atoms with van der Waals surface area (Å²) >= 11 is 0. The highest BCUT2D eigenvalue weighted by Gasteiger charge is 2.12. The molecule has 0 radical (unpaired) electrons. The van der Waals surface area contributed by atoms with Gasteiger partial charge >= 0.3 is 0 Å². The average Bonchev–Trinajstić information content (AvgIpc) is 2.86. The van der Waals surface area contributed by atoms with E-state index < -0.39 is 0 Å². The number of nitrogens with zero attached hydrogens (tertiary/aromatic N) is 2. The van der Waals surface area contributed by atoms with E-state index in [9.17, 15) is 0 Å². The molecule has 2 rings (SSSR count). The van der Waals surface area contributed by atoms with Crippen LogP contribution in [0.25, 0.3) is 11.3 Å². The summed E-state index contributed by atoms with van der Waals surface area (Å²) in [5.74, 6) is 1.32. The van der Waals surface area contributed by atoms with Crippen molar-refractivity contribution in [3.63, 3.8) is 0 Å². The predicted octanol–water partition coefficient (Wildman–Crippen LogP) is 2.31. The number of nitrogens with two attached hydrogens (primary N) is 1. The molecule has 0 saturated carbocycles. The maximum absolute atomic E-state index is 5.77. The molecular formula is C13H18N4. The van der Waals surface area contributed by atoms with E-state index >= 15 is 0 Å². The van der Waals surface area contributed by atoms with E-state index in [0.29, 0.717) is 12.5 Å². The molecule has 17 heavy (non-hydrogen) atoms. The van der Waals surface area contributed by atoms with Gasteiger partial charge in [0.25, 0.3) is 0 Å². The van der Waals surface area contributed by atoms with Gasteiger partial charge in [-0.2, -0.15) is 0 Å². The SMILES string of the molecule is CCCC(CN)c1ncc(-c2ccncc2)[nH]1. The van der Waals surface area contributed by atoms with E-state index in [1.54, 1.807) is 12.4 Å². The van der Waals surface area contributed by atoms with Gasteiger partial charge in [0.1, 0.15) is 5.82 Å². The fourth-order valence-corrected chi connectivity index (χ4v) is 1.94. The number of aromatic nitrogens is 3. The minimum Gasteiger partial charge on any atom is -0.342 e. The Hall–Kier alpha value is -1.68. The molecule has 1 atom stereocenters. The maximum Gasteiger partial charge on any atom is 0.110 e. The van der Waals surface area contributed by atoms with Crippen molar-refractivity contribution in [2.75, 3.05) is 6.54 Å². The zero-order chi connectivity index (χ0) is 12.1. The molecule has 0 saturated heterocycles. The summed E-state index contributed by atoms with van der Waals surface area (Å²) in [6, 6.07) is 3.93. The van der Waals surface area contributed by atoms with Gasteiger partial charge in [0.2, 0.25) is 0 Å². The first-order chi connectivity index (χ1) is 8.35. The van der Waals surface area contributed by atoms with Crippen molar-refractivity contribution >= 4 is 0 Å². The third-order valence-electron chi connectivity index (χ3n) is 2.90. The van der Waals surface area contributed by atoms with Crippen LogP contribution in [0.4, 0.5) is 0 Å². The number of aromatic amines is 1. The van der Waals surface area contributed by atoms with Crippen molar-refractivity contribution in [1.29, 1.82) is 0 Å². The Labute approximate surface area is 101 Å². The standard InChI is InChI=1S/C13H18N4/c1-2-3-11(8-14)13-16-9-12(17-13)10-4-6-15-7-5-10/h4-7,9,11H,2-3,8,14H2,1H3,(H,16,17). The molecular weight excluding hydrogens is 212 g/mol. The van der Waals surface area contributed by atoms with E-state index in [1.807, 2.05) is 18.3 Å². The van der Waals surface area contributed by atoms with Gasteiger partial charge in [-0.1, -0.05) is 13.3 Å². The Morgan fingerprint density at radius 1 is 1.35 bits per heavy atom. The van der Waals surface area contributed by atoms with Crippen LogP contribution in [-0.4, -0.2) is 21.5 Å². The second-order valence-electron chi connectivity index (χ2n) is 4.14. The number of hydrogen-bond acceptors (Lipinski definition) is 3. The summed E-state index contributed by atoms with van der Waals surface area (Å²) in [5, 5.41) is 0. The molecule has 4 nitrogen and oxygen atoms in total. The van der Waals surface area contributed by atoms with Crippen molar-refractivity contribution in [2.45, 2.75) is 25.7 Å². The Kier molecular flexibility index (Phi) is 3.88. The Morgan fingerprint density at radius 2 is 2.12 bits per heavy atom. The number of H-pyrrole nitrogens is 1. The minimum atomic E-state index is 0.329. The molecule has 0 aliphatic heterocycles. The highest BCUT2D eigenvalue weighted by atomic mass is 14.9. The molecule has 0 aromatic carbocycles. The first kappa shape index (κ1) is 11.8. The first-order valence-electron chi connectivity index (χ1n) is 6.00. The van der Waals surface area contributed by atoms with E-state index in [1.165, 1.54) is 0 Å². The van der Waals surface area contributed by atoms with Crippen LogP contribution in [0.1, 0.15) is 31.5 Å². The maximum atomic E-state index is 5.77. The molecule has 0 amide bonds. The zero-order valence-corrected chi connectivity index (χ0v) is 10.1. The van der Waals surface area contributed by atoms with E-state index in [-0.39, 0.29) is 0 Å². The van der Waals surface area contributed by atoms with E-state index in [0.717, 1.165) is 29.9 Å². The van der Waals surface area contributed by atoms with Crippen LogP contribution in [0, 0.1) is 0 Å². The molecule has 4 heteroatoms. The second-order valence-corrected chi connectivity index (χ2v) is 4.14. The number of pyridine rings is 1. The number of hydrogen-bond donors (Lipinski definition) is 2. The van der Waals surface area contributed by atoms with Gasteiger partial charge in [0, 0.05) is 30.4 Å². The van der Waals surface area contributed by atoms with Crippen molar-refractivity contribution in [2.24, 2.45) is 5.73 Å². The first-order valence-corrected chi connectivity index (χ1v) is 6.00. The summed E-state index contributed by atoms with van der Waals surface area (Å²) in [5.41, 5.74) is 7.90. The molecule has 1 unspecified atom stereocenters. The summed E-state index contributed by atoms with van der Waals surface area (Å²) < 4.78 is 0. The normalized spacial score (nSPS) is 12.6. The lowest BCUT2D eigenvalue weighted by Crippen LogP contribution is -2.13. The number of nitrogens with one attached hydrogen (secondary N) is 1. The van der Waals surface area contributed by atoms with Gasteiger partial charge in [-0.3, -0.25) is 4.98 Å². The van der Waals surface area contributed by atoms with Crippen LogP contribution in [0.15, 0.2) is 30.7 Å². The Bertz CT molecular complexity index is 449. The van der Waals surface area contributed by atoms with E-state index in [2.05, 4.69) is 21.9 Å². The largest absolute Gasteiger partial charge is 0.342 e. The lowest BCUT2D eigenvalue weighted by Gasteiger charge is -2.09. The van der Waals surface area contributed by atoms with Crippen LogP contribution in [0.3, 0.4) is 0 Å². The van der Waals surface area contributed by atoms with Gasteiger partial charge in [-0.25, -0.2) is 4.98 Å². The molecule has 0 aliphatic carbocycles. The Morgan fingerprint density at radius 3 is 2.76 bits per heavy atom. The van der Waals surface area contributed by atoms with Crippen LogP contribution in [0.2, 0.25) is 0 Å². The van der Waals surface area contributed by atoms with Gasteiger partial charge in [-0.15, -0.1) is 0 Å². The van der Waals surface area contributed by atoms with Crippen molar-refractivity contribution < 1.29 is 0 Å². The Balaban J connectivity index is 2.21. The van der Waals surface area contributed by atoms with Crippen LogP contribution in [0.5, 0.6) is 0 Å². The smallest absolute Gasteiger partial charge is 0.110 e. The third kappa shape index (κ3) is 2.71. The van der Waals surface area contributed by atoms with Gasteiger partial charge in [0.15, 0.2) is 0 Å². The summed E-state index contributed by atoms with van der Waals surface area (Å²) in [7, 11) is 0. The lowest BCUT2D eigenvalue weighted by atomic mass is 10.0. The molecule has 2 heterocycles. The number of imidazole rings is 1. The molecule has 0 aliphatic rings. The predicted molar refractivity (Wildman–Crippen MR) is 68.5 cm³/mol. The van der Waals surface area contributed by atoms with E-state index in [4.69, 9.17) is 5.73 Å². The topological polar surface area (TPSA) is 67.6 Å². The highest BCUT2D eigenvalue weighted by Crippen LogP contribution is 2.21. The molecule has 2 aromatic rings. The molecule has 90 valence electrons. The second kappa shape index (κ2) is 5.59. The minimum absolute atomic E-state index is 0.329. The van der Waals surface area contributed by atoms with Gasteiger partial charge < -0.3 is 10.7 Å². The average molecular weight is 230 g/mol. The zero-order valence-electron chi connectivity index (χ0n) is 10.1. The molecule has 2 aromatic heterocycles. The molecule has 0 spiro atoms. The fraction of sp³-hybridized carbons (Fsp3) is 0.385. The highest BCUT2D eigenvalue weighted by molar-refractivity contribution is 5.57. The summed E-state index contributed by atoms with van der Waals surface area (Å²) in [4.78, 5) is 11.8. The third-order valence-corrected chi connectivity index (χ3v) is 2.90. The van der Waals surface area contributed by atoms with Crippen LogP contribution >= 0.6 is 0 Å². The van der Waals surface area contributed by atoms with Crippen molar-refractivity contribution in [1.82, 2.24) is 15.0 Å². The molecule has 0 fully saturated rings. The molecule has 3 N–H and O–H groups in total. The fourth-order valence-electron chi connectivity index (χ4n) is 1.94. The monoisotopic (exact) mass is 230 g/mol. The molecule has 0 bridgehead atoms. The summed E-state index contributed by atoms with van der Waals surface area (Å²) in [6.07, 6.45) is 7.61. The quantitative estimate of drug-likeness (QED) is 0.828. The van der Waals surface area contributed by atoms with Gasteiger partial charge in [0.05, 0.1) is 11.9 Å².